The van der Waals surface area contributed by atoms with Gasteiger partial charge in [-0.15, -0.1) is 0 Å². The van der Waals surface area contributed by atoms with E-state index in [2.05, 4.69) is 23.9 Å². The highest BCUT2D eigenvalue weighted by Crippen LogP contribution is 2.49. The van der Waals surface area contributed by atoms with E-state index < -0.39 is 5.60 Å². The summed E-state index contributed by atoms with van der Waals surface area (Å²) in [6.07, 6.45) is 5.32. The van der Waals surface area contributed by atoms with Crippen LogP contribution in [0.1, 0.15) is 49.5 Å². The predicted octanol–water partition coefficient (Wildman–Crippen LogP) is 3.37. The van der Waals surface area contributed by atoms with Crippen LogP contribution in [0.2, 0.25) is 0 Å². The van der Waals surface area contributed by atoms with E-state index in [4.69, 9.17) is 9.47 Å². The number of hydrogen-bond acceptors (Lipinski definition) is 4. The van der Waals surface area contributed by atoms with Crippen molar-refractivity contribution in [3.05, 3.63) is 35.4 Å². The Hall–Kier alpha value is -0.550. The van der Waals surface area contributed by atoms with Crippen LogP contribution in [-0.4, -0.2) is 28.8 Å². The van der Waals surface area contributed by atoms with Crippen LogP contribution in [-0.2, 0) is 15.1 Å². The molecule has 2 bridgehead atoms. The molecule has 1 N–H and O–H groups in total. The predicted molar refractivity (Wildman–Crippen MR) is 83.2 cm³/mol. The lowest BCUT2D eigenvalue weighted by atomic mass is 9.80. The standard InChI is InChI=1S/C17H22O3S/c18-17(10-14-5-2-6-15(11-17)21-14)13-4-1-3-12(9-13)16-19-7-8-20-16/h1,3-4,9,14-16,18H,2,5-8,10-11H2. The van der Waals surface area contributed by atoms with E-state index in [9.17, 15) is 5.11 Å². The second-order valence-corrected chi connectivity index (χ2v) is 8.06. The largest absolute Gasteiger partial charge is 0.385 e. The maximum absolute atomic E-state index is 11.2. The number of rotatable bonds is 2. The molecule has 3 saturated heterocycles. The van der Waals surface area contributed by atoms with Gasteiger partial charge in [0.25, 0.3) is 0 Å². The maximum atomic E-state index is 11.2. The molecule has 114 valence electrons. The lowest BCUT2D eigenvalue weighted by Gasteiger charge is -2.44. The molecule has 3 fully saturated rings. The van der Waals surface area contributed by atoms with Gasteiger partial charge in [-0.1, -0.05) is 24.6 Å². The minimum absolute atomic E-state index is 0.258. The number of ether oxygens (including phenoxy) is 2. The fourth-order valence-electron chi connectivity index (χ4n) is 3.88. The molecule has 3 aliphatic rings. The lowest BCUT2D eigenvalue weighted by Crippen LogP contribution is -2.40. The van der Waals surface area contributed by atoms with Crippen LogP contribution < -0.4 is 0 Å². The Bertz CT molecular complexity index is 501. The van der Waals surface area contributed by atoms with Crippen molar-refractivity contribution in [2.45, 2.75) is 54.5 Å². The molecule has 4 rings (SSSR count). The van der Waals surface area contributed by atoms with Crippen molar-refractivity contribution in [2.75, 3.05) is 13.2 Å². The fourth-order valence-corrected chi connectivity index (χ4v) is 5.77. The Labute approximate surface area is 130 Å². The molecular formula is C17H22O3S. The van der Waals surface area contributed by atoms with Gasteiger partial charge in [-0.25, -0.2) is 0 Å². The Morgan fingerprint density at radius 3 is 2.52 bits per heavy atom. The number of fused-ring (bicyclic) bond motifs is 2. The molecule has 1 aromatic carbocycles. The Balaban J connectivity index is 1.61. The number of aliphatic hydroxyl groups is 1. The van der Waals surface area contributed by atoms with Gasteiger partial charge >= 0.3 is 0 Å². The van der Waals surface area contributed by atoms with Crippen LogP contribution >= 0.6 is 11.8 Å². The van der Waals surface area contributed by atoms with E-state index in [0.717, 1.165) is 24.0 Å². The van der Waals surface area contributed by atoms with Crippen molar-refractivity contribution in [1.82, 2.24) is 0 Å². The zero-order chi connectivity index (χ0) is 14.3. The van der Waals surface area contributed by atoms with Gasteiger partial charge in [0, 0.05) is 16.1 Å². The van der Waals surface area contributed by atoms with Crippen molar-refractivity contribution >= 4 is 11.8 Å². The van der Waals surface area contributed by atoms with Crippen molar-refractivity contribution in [3.8, 4) is 0 Å². The Morgan fingerprint density at radius 1 is 1.10 bits per heavy atom. The first kappa shape index (κ1) is 14.1. The minimum Gasteiger partial charge on any atom is -0.385 e. The summed E-state index contributed by atoms with van der Waals surface area (Å²) >= 11 is 2.09. The van der Waals surface area contributed by atoms with E-state index >= 15 is 0 Å². The van der Waals surface area contributed by atoms with Gasteiger partial charge in [-0.2, -0.15) is 11.8 Å². The van der Waals surface area contributed by atoms with Gasteiger partial charge in [0.1, 0.15) is 0 Å². The first-order chi connectivity index (χ1) is 10.2. The quantitative estimate of drug-likeness (QED) is 0.909. The molecule has 0 aromatic heterocycles. The SMILES string of the molecule is OC1(c2cccc(C3OCCO3)c2)CC2CCCC(C1)S2. The maximum Gasteiger partial charge on any atom is 0.184 e. The molecule has 1 aromatic rings. The zero-order valence-corrected chi connectivity index (χ0v) is 13.0. The molecule has 21 heavy (non-hydrogen) atoms. The highest BCUT2D eigenvalue weighted by atomic mass is 32.2. The summed E-state index contributed by atoms with van der Waals surface area (Å²) in [4.78, 5) is 0. The Kier molecular flexibility index (Phi) is 3.74. The molecule has 0 saturated carbocycles. The summed E-state index contributed by atoms with van der Waals surface area (Å²) in [6, 6.07) is 8.19. The first-order valence-corrected chi connectivity index (χ1v) is 8.89. The van der Waals surface area contributed by atoms with Crippen LogP contribution in [0.15, 0.2) is 24.3 Å². The molecule has 2 atom stereocenters. The van der Waals surface area contributed by atoms with Crippen molar-refractivity contribution in [1.29, 1.82) is 0 Å². The highest BCUT2D eigenvalue weighted by Gasteiger charge is 2.42. The van der Waals surface area contributed by atoms with E-state index in [0.29, 0.717) is 23.7 Å². The summed E-state index contributed by atoms with van der Waals surface area (Å²) < 4.78 is 11.2. The molecule has 3 heterocycles. The third-order valence-corrected chi connectivity index (χ3v) is 6.46. The first-order valence-electron chi connectivity index (χ1n) is 7.94. The van der Waals surface area contributed by atoms with E-state index in [1.807, 2.05) is 12.1 Å². The van der Waals surface area contributed by atoms with Crippen LogP contribution in [0.4, 0.5) is 0 Å². The van der Waals surface area contributed by atoms with Crippen molar-refractivity contribution < 1.29 is 14.6 Å². The van der Waals surface area contributed by atoms with Gasteiger partial charge in [0.2, 0.25) is 0 Å². The normalized spacial score (nSPS) is 36.8. The van der Waals surface area contributed by atoms with E-state index in [1.54, 1.807) is 0 Å². The Morgan fingerprint density at radius 2 is 1.81 bits per heavy atom. The fraction of sp³-hybridized carbons (Fsp3) is 0.647. The average Bonchev–Trinajstić information content (AvgIpc) is 3.01. The van der Waals surface area contributed by atoms with Crippen LogP contribution in [0.3, 0.4) is 0 Å². The summed E-state index contributed by atoms with van der Waals surface area (Å²) in [5.74, 6) is 0. The van der Waals surface area contributed by atoms with Crippen molar-refractivity contribution in [2.24, 2.45) is 0 Å². The minimum atomic E-state index is -0.671. The second-order valence-electron chi connectivity index (χ2n) is 6.45. The van der Waals surface area contributed by atoms with Gasteiger partial charge in [-0.05, 0) is 37.3 Å². The average molecular weight is 306 g/mol. The monoisotopic (exact) mass is 306 g/mol. The van der Waals surface area contributed by atoms with Gasteiger partial charge in [0.05, 0.1) is 18.8 Å². The third kappa shape index (κ3) is 2.74. The molecular weight excluding hydrogens is 284 g/mol. The molecule has 0 amide bonds. The highest BCUT2D eigenvalue weighted by molar-refractivity contribution is 8.00. The second kappa shape index (κ2) is 5.58. The zero-order valence-electron chi connectivity index (χ0n) is 12.2. The molecule has 3 nitrogen and oxygen atoms in total. The molecule has 4 heteroatoms. The topological polar surface area (TPSA) is 38.7 Å². The van der Waals surface area contributed by atoms with Crippen LogP contribution in [0.5, 0.6) is 0 Å². The molecule has 0 radical (unpaired) electrons. The van der Waals surface area contributed by atoms with Crippen LogP contribution in [0.25, 0.3) is 0 Å². The molecule has 0 aliphatic carbocycles. The third-order valence-electron chi connectivity index (χ3n) is 4.89. The van der Waals surface area contributed by atoms with E-state index in [1.165, 1.54) is 19.3 Å². The molecule has 0 spiro atoms. The van der Waals surface area contributed by atoms with Crippen molar-refractivity contribution in [3.63, 3.8) is 0 Å². The van der Waals surface area contributed by atoms with E-state index in [-0.39, 0.29) is 6.29 Å². The number of benzene rings is 1. The summed E-state index contributed by atoms with van der Waals surface area (Å²) in [5, 5.41) is 12.5. The van der Waals surface area contributed by atoms with Gasteiger partial charge in [-0.3, -0.25) is 0 Å². The van der Waals surface area contributed by atoms with Gasteiger partial charge < -0.3 is 14.6 Å². The summed E-state index contributed by atoms with van der Waals surface area (Å²) in [5.41, 5.74) is 1.40. The number of thioether (sulfide) groups is 1. The smallest absolute Gasteiger partial charge is 0.184 e. The van der Waals surface area contributed by atoms with Gasteiger partial charge in [0.15, 0.2) is 6.29 Å². The molecule has 2 unspecified atom stereocenters. The number of hydrogen-bond donors (Lipinski definition) is 1. The summed E-state index contributed by atoms with van der Waals surface area (Å²) in [7, 11) is 0. The summed E-state index contributed by atoms with van der Waals surface area (Å²) in [6.45, 7) is 1.31. The molecule has 3 aliphatic heterocycles. The van der Waals surface area contributed by atoms with Crippen LogP contribution in [0, 0.1) is 0 Å². The lowest BCUT2D eigenvalue weighted by molar-refractivity contribution is -0.0446.